The minimum absolute atomic E-state index is 0.0986. The third-order valence-corrected chi connectivity index (χ3v) is 12.1. The summed E-state index contributed by atoms with van der Waals surface area (Å²) in [5, 5.41) is 30.7. The highest BCUT2D eigenvalue weighted by Gasteiger charge is 2.57. The Kier molecular flexibility index (Phi) is 12.1. The van der Waals surface area contributed by atoms with Gasteiger partial charge in [0.1, 0.15) is 5.75 Å². The number of nitrogen functional groups attached to an aromatic ring is 1. The number of nitrogens with two attached hydrogens (primary N) is 1. The van der Waals surface area contributed by atoms with Crippen LogP contribution >= 0.6 is 0 Å². The summed E-state index contributed by atoms with van der Waals surface area (Å²) in [4.78, 5) is 0. The van der Waals surface area contributed by atoms with Gasteiger partial charge in [0.15, 0.2) is 0 Å². The number of rotatable bonds is 17. The van der Waals surface area contributed by atoms with Crippen LogP contribution in [0.15, 0.2) is 36.4 Å². The molecule has 0 bridgehead atoms. The zero-order valence-electron chi connectivity index (χ0n) is 27.6. The highest BCUT2D eigenvalue weighted by Crippen LogP contribution is 2.62. The molecule has 0 aromatic heterocycles. The number of aromatic hydroxyl groups is 1. The topological polar surface area (TPSA) is 86.7 Å². The quantitative estimate of drug-likeness (QED) is 0.107. The number of aliphatic hydroxyl groups is 2. The van der Waals surface area contributed by atoms with Crippen molar-refractivity contribution < 1.29 is 15.3 Å². The van der Waals surface area contributed by atoms with Crippen LogP contribution in [0.5, 0.6) is 5.75 Å². The Bertz CT molecular complexity index is 1180. The number of aliphatic hydroxyl groups excluding tert-OH is 2. The predicted molar refractivity (Wildman–Crippen MR) is 183 cm³/mol. The average molecular weight is 604 g/mol. The van der Waals surface area contributed by atoms with Crippen molar-refractivity contribution in [2.24, 2.45) is 23.2 Å². The van der Waals surface area contributed by atoms with Crippen LogP contribution in [0.3, 0.4) is 0 Å². The highest BCUT2D eigenvalue weighted by atomic mass is 16.3. The molecular weight excluding hydrogens is 542 g/mol. The molecule has 0 heterocycles. The van der Waals surface area contributed by atoms with Gasteiger partial charge >= 0.3 is 0 Å². The van der Waals surface area contributed by atoms with Crippen molar-refractivity contribution in [3.63, 3.8) is 0 Å². The lowest BCUT2D eigenvalue weighted by atomic mass is 9.55. The smallest absolute Gasteiger partial charge is 0.115 e. The molecule has 0 unspecified atom stereocenters. The van der Waals surface area contributed by atoms with Crippen molar-refractivity contribution in [2.75, 3.05) is 12.3 Å². The Morgan fingerprint density at radius 3 is 2.11 bits per heavy atom. The van der Waals surface area contributed by atoms with Gasteiger partial charge in [0, 0.05) is 12.3 Å². The summed E-state index contributed by atoms with van der Waals surface area (Å²) < 4.78 is 0. The fourth-order valence-corrected chi connectivity index (χ4v) is 9.71. The minimum atomic E-state index is -0.128. The van der Waals surface area contributed by atoms with Gasteiger partial charge in [-0.25, -0.2) is 0 Å². The SMILES string of the molecule is C[C@]12CC[C@@H]3c4ccc(O)cc4CC[C@H]3[C@@H]1C[C@H](CCCCCCCCCCCCCCc1cc(N)cc(CCO)c1)[C@@H]2O. The zero-order valence-corrected chi connectivity index (χ0v) is 27.6. The van der Waals surface area contributed by atoms with Crippen LogP contribution in [-0.2, 0) is 19.3 Å². The van der Waals surface area contributed by atoms with Gasteiger partial charge in [-0.15, -0.1) is 0 Å². The standard InChI is InChI=1S/C40H61NO3/c1-40-22-20-36-35-19-17-34(43)27-31(35)16-18-37(36)38(40)28-32(39(40)44)15-13-11-9-7-5-3-2-4-6-8-10-12-14-29-24-30(21-23-42)26-33(41)25-29/h17,19,24-27,32,36-39,42-44H,2-16,18,20-23,28,41H2,1H3/t32-,36+,37+,38-,39-,40-/m0/s1. The number of benzene rings is 2. The number of fused-ring (bicyclic) bond motifs is 5. The molecule has 3 aliphatic rings. The van der Waals surface area contributed by atoms with Gasteiger partial charge in [-0.05, 0) is 133 Å². The van der Waals surface area contributed by atoms with E-state index in [4.69, 9.17) is 5.73 Å². The Hall–Kier alpha value is -2.04. The van der Waals surface area contributed by atoms with E-state index in [1.54, 1.807) is 0 Å². The largest absolute Gasteiger partial charge is 0.508 e. The van der Waals surface area contributed by atoms with Crippen LogP contribution < -0.4 is 5.73 Å². The van der Waals surface area contributed by atoms with Gasteiger partial charge in [0.25, 0.3) is 0 Å². The first-order chi connectivity index (χ1) is 21.4. The molecule has 0 radical (unpaired) electrons. The van der Waals surface area contributed by atoms with E-state index in [1.165, 1.54) is 119 Å². The minimum Gasteiger partial charge on any atom is -0.508 e. The van der Waals surface area contributed by atoms with Crippen molar-refractivity contribution in [3.05, 3.63) is 58.7 Å². The molecule has 3 aliphatic carbocycles. The maximum Gasteiger partial charge on any atom is 0.115 e. The van der Waals surface area contributed by atoms with Gasteiger partial charge in [-0.2, -0.15) is 0 Å². The number of unbranched alkanes of at least 4 members (excludes halogenated alkanes) is 11. The lowest BCUT2D eigenvalue weighted by Gasteiger charge is -2.50. The molecule has 44 heavy (non-hydrogen) atoms. The number of hydrogen-bond donors (Lipinski definition) is 4. The lowest BCUT2D eigenvalue weighted by molar-refractivity contribution is -0.0335. The van der Waals surface area contributed by atoms with Gasteiger partial charge in [0.05, 0.1) is 6.10 Å². The summed E-state index contributed by atoms with van der Waals surface area (Å²) in [5.74, 6) is 2.86. The van der Waals surface area contributed by atoms with Crippen molar-refractivity contribution in [2.45, 2.75) is 147 Å². The molecule has 2 aromatic rings. The van der Waals surface area contributed by atoms with E-state index in [1.807, 2.05) is 18.2 Å². The fraction of sp³-hybridized carbons (Fsp3) is 0.700. The van der Waals surface area contributed by atoms with Crippen molar-refractivity contribution in [1.82, 2.24) is 0 Å². The molecule has 0 aliphatic heterocycles. The summed E-state index contributed by atoms with van der Waals surface area (Å²) in [6.07, 6.45) is 24.7. The van der Waals surface area contributed by atoms with Gasteiger partial charge in [-0.3, -0.25) is 0 Å². The second-order valence-corrected chi connectivity index (χ2v) is 15.1. The maximum absolute atomic E-state index is 11.5. The number of phenolic OH excluding ortho intramolecular Hbond substituents is 1. The second-order valence-electron chi connectivity index (χ2n) is 15.1. The molecule has 2 saturated carbocycles. The number of phenols is 1. The third-order valence-electron chi connectivity index (χ3n) is 12.1. The van der Waals surface area contributed by atoms with Crippen LogP contribution in [0, 0.1) is 23.2 Å². The van der Waals surface area contributed by atoms with Crippen LogP contribution in [0.1, 0.15) is 144 Å². The molecule has 5 rings (SSSR count). The summed E-state index contributed by atoms with van der Waals surface area (Å²) in [6.45, 7) is 2.59. The van der Waals surface area contributed by atoms with Gasteiger partial charge in [-0.1, -0.05) is 89.7 Å². The van der Waals surface area contributed by atoms with E-state index in [-0.39, 0.29) is 18.1 Å². The van der Waals surface area contributed by atoms with Crippen molar-refractivity contribution in [3.8, 4) is 5.75 Å². The van der Waals surface area contributed by atoms with E-state index in [2.05, 4.69) is 25.1 Å². The molecular formula is C40H61NO3. The number of aryl methyl sites for hydroxylation is 2. The molecule has 0 saturated heterocycles. The normalized spacial score (nSPS) is 27.6. The van der Waals surface area contributed by atoms with E-state index in [9.17, 15) is 15.3 Å². The highest BCUT2D eigenvalue weighted by molar-refractivity contribution is 5.45. The van der Waals surface area contributed by atoms with Crippen LogP contribution in [0.2, 0.25) is 0 Å². The maximum atomic E-state index is 11.5. The van der Waals surface area contributed by atoms with Crippen LogP contribution in [-0.4, -0.2) is 28.0 Å². The molecule has 0 spiro atoms. The molecule has 244 valence electrons. The van der Waals surface area contributed by atoms with Gasteiger partial charge < -0.3 is 21.1 Å². The molecule has 2 aromatic carbocycles. The van der Waals surface area contributed by atoms with Crippen molar-refractivity contribution in [1.29, 1.82) is 0 Å². The Balaban J connectivity index is 0.893. The van der Waals surface area contributed by atoms with Crippen LogP contribution in [0.25, 0.3) is 0 Å². The Morgan fingerprint density at radius 2 is 1.43 bits per heavy atom. The fourth-order valence-electron chi connectivity index (χ4n) is 9.71. The molecule has 6 atom stereocenters. The lowest BCUT2D eigenvalue weighted by Crippen LogP contribution is -2.44. The number of anilines is 1. The van der Waals surface area contributed by atoms with Crippen molar-refractivity contribution >= 4 is 5.69 Å². The molecule has 4 heteroatoms. The first-order valence-corrected chi connectivity index (χ1v) is 18.4. The van der Waals surface area contributed by atoms with E-state index in [0.29, 0.717) is 35.8 Å². The molecule has 2 fully saturated rings. The summed E-state index contributed by atoms with van der Waals surface area (Å²) in [5.41, 5.74) is 12.2. The first-order valence-electron chi connectivity index (χ1n) is 18.4. The third kappa shape index (κ3) is 8.21. The summed E-state index contributed by atoms with van der Waals surface area (Å²) >= 11 is 0. The summed E-state index contributed by atoms with van der Waals surface area (Å²) in [6, 6.07) is 12.3. The number of hydrogen-bond acceptors (Lipinski definition) is 4. The zero-order chi connectivity index (χ0) is 30.9. The monoisotopic (exact) mass is 603 g/mol. The second kappa shape index (κ2) is 16.0. The van der Waals surface area contributed by atoms with Crippen LogP contribution in [0.4, 0.5) is 5.69 Å². The Morgan fingerprint density at radius 1 is 0.795 bits per heavy atom. The Labute approximate surface area is 267 Å². The molecule has 4 nitrogen and oxygen atoms in total. The van der Waals surface area contributed by atoms with E-state index >= 15 is 0 Å². The average Bonchev–Trinajstić information content (AvgIpc) is 3.26. The predicted octanol–water partition coefficient (Wildman–Crippen LogP) is 9.27. The summed E-state index contributed by atoms with van der Waals surface area (Å²) in [7, 11) is 0. The first kappa shape index (κ1) is 33.3. The van der Waals surface area contributed by atoms with Gasteiger partial charge in [0.2, 0.25) is 0 Å². The van der Waals surface area contributed by atoms with E-state index < -0.39 is 0 Å². The molecule has 5 N–H and O–H groups in total. The molecule has 0 amide bonds. The van der Waals surface area contributed by atoms with E-state index in [0.717, 1.165) is 30.5 Å².